The van der Waals surface area contributed by atoms with Gasteiger partial charge in [0.1, 0.15) is 18.9 Å². The average Bonchev–Trinajstić information content (AvgIpc) is 2.88. The molecule has 0 radical (unpaired) electrons. The molecule has 6 N–H and O–H groups in total. The van der Waals surface area contributed by atoms with E-state index in [4.69, 9.17) is 15.3 Å². The lowest BCUT2D eigenvalue weighted by atomic mass is 9.97. The molecule has 0 saturated heterocycles. The molecule has 11 heteroatoms. The van der Waals surface area contributed by atoms with E-state index in [9.17, 15) is 19.5 Å². The van der Waals surface area contributed by atoms with Crippen molar-refractivity contribution in [3.05, 3.63) is 47.7 Å². The van der Waals surface area contributed by atoms with E-state index < -0.39 is 41.8 Å². The number of hydrogen-bond acceptors (Lipinski definition) is 8. The van der Waals surface area contributed by atoms with Crippen molar-refractivity contribution < 1.29 is 29.0 Å². The minimum Gasteiger partial charge on any atom is -0.392 e. The van der Waals surface area contributed by atoms with E-state index >= 15 is 0 Å². The molecule has 1 aromatic carbocycles. The number of ether oxygens (including phenoxy) is 2. The highest BCUT2D eigenvalue weighted by Gasteiger charge is 2.30. The number of aliphatic hydroxyl groups excluding tert-OH is 1. The maximum atomic E-state index is 13.1. The van der Waals surface area contributed by atoms with Crippen LogP contribution >= 0.6 is 0 Å². The summed E-state index contributed by atoms with van der Waals surface area (Å²) in [5.74, 6) is 2.30. The van der Waals surface area contributed by atoms with E-state index in [0.717, 1.165) is 22.2 Å². The van der Waals surface area contributed by atoms with Crippen LogP contribution in [0.4, 0.5) is 0 Å². The van der Waals surface area contributed by atoms with E-state index in [0.29, 0.717) is 0 Å². The molecule has 0 aliphatic rings. The van der Waals surface area contributed by atoms with Crippen molar-refractivity contribution in [1.29, 1.82) is 0 Å². The average molecular weight is 530 g/mol. The molecule has 0 fully saturated rings. The summed E-state index contributed by atoms with van der Waals surface area (Å²) in [5, 5.41) is 16.5. The van der Waals surface area contributed by atoms with Gasteiger partial charge in [-0.2, -0.15) is 0 Å². The van der Waals surface area contributed by atoms with Crippen molar-refractivity contribution in [2.45, 2.75) is 58.9 Å². The van der Waals surface area contributed by atoms with Crippen molar-refractivity contribution >= 4 is 34.7 Å². The molecule has 11 nitrogen and oxygen atoms in total. The zero-order valence-electron chi connectivity index (χ0n) is 22.7. The molecular formula is C27H39N5O6. The van der Waals surface area contributed by atoms with Gasteiger partial charge < -0.3 is 25.2 Å². The number of methoxy groups -OCH3 is 1. The number of benzene rings is 1. The van der Waals surface area contributed by atoms with Gasteiger partial charge in [0.05, 0.1) is 29.3 Å². The largest absolute Gasteiger partial charge is 0.392 e. The van der Waals surface area contributed by atoms with Gasteiger partial charge in [-0.25, -0.2) is 5.84 Å². The number of nitrogens with two attached hydrogens (primary N) is 1. The number of carbonyl (C=O) groups is 3. The van der Waals surface area contributed by atoms with Crippen molar-refractivity contribution in [3.63, 3.8) is 0 Å². The molecule has 1 aromatic heterocycles. The summed E-state index contributed by atoms with van der Waals surface area (Å²) in [6.07, 6.45) is 2.05. The monoisotopic (exact) mass is 529 g/mol. The Bertz CT molecular complexity index is 1140. The summed E-state index contributed by atoms with van der Waals surface area (Å²) in [6.45, 7) is 8.57. The minimum atomic E-state index is -1.02. The van der Waals surface area contributed by atoms with Gasteiger partial charge in [-0.1, -0.05) is 44.2 Å². The van der Waals surface area contributed by atoms with Crippen LogP contribution in [-0.4, -0.2) is 59.9 Å². The highest BCUT2D eigenvalue weighted by atomic mass is 16.7. The third kappa shape index (κ3) is 8.59. The Hall–Kier alpha value is -3.38. The van der Waals surface area contributed by atoms with Crippen LogP contribution in [0.2, 0.25) is 0 Å². The zero-order chi connectivity index (χ0) is 28.4. The Morgan fingerprint density at radius 2 is 1.71 bits per heavy atom. The first-order valence-corrected chi connectivity index (χ1v) is 12.5. The van der Waals surface area contributed by atoms with E-state index in [2.05, 4.69) is 15.6 Å². The van der Waals surface area contributed by atoms with E-state index in [1.165, 1.54) is 13.8 Å². The highest BCUT2D eigenvalue weighted by Crippen LogP contribution is 2.21. The summed E-state index contributed by atoms with van der Waals surface area (Å²) >= 11 is 0. The van der Waals surface area contributed by atoms with Crippen LogP contribution in [-0.2, 0) is 23.9 Å². The van der Waals surface area contributed by atoms with E-state index in [1.807, 2.05) is 42.7 Å². The van der Waals surface area contributed by atoms with E-state index in [-0.39, 0.29) is 18.8 Å². The van der Waals surface area contributed by atoms with Crippen LogP contribution in [0.25, 0.3) is 17.0 Å². The Morgan fingerprint density at radius 3 is 2.32 bits per heavy atom. The predicted molar refractivity (Wildman–Crippen MR) is 144 cm³/mol. The van der Waals surface area contributed by atoms with Crippen LogP contribution in [0, 0.1) is 11.8 Å². The summed E-state index contributed by atoms with van der Waals surface area (Å²) in [7, 11) is 1.56. The fraction of sp³-hybridized carbons (Fsp3) is 0.481. The summed E-state index contributed by atoms with van der Waals surface area (Å²) in [5.41, 5.74) is 4.27. The number of fused-ring (bicyclic) bond motifs is 1. The second-order valence-corrected chi connectivity index (χ2v) is 9.50. The number of pyridine rings is 1. The number of carbonyl (C=O) groups excluding carboxylic acids is 3. The minimum absolute atomic E-state index is 0.161. The quantitative estimate of drug-likeness (QED) is 0.113. The number of hydrazine groups is 1. The van der Waals surface area contributed by atoms with Gasteiger partial charge in [0.25, 0.3) is 5.91 Å². The maximum absolute atomic E-state index is 13.1. The molecule has 0 aliphatic carbocycles. The van der Waals surface area contributed by atoms with Gasteiger partial charge in [-0.3, -0.25) is 24.8 Å². The van der Waals surface area contributed by atoms with Crippen molar-refractivity contribution in [1.82, 2.24) is 21.0 Å². The van der Waals surface area contributed by atoms with Crippen LogP contribution in [0.5, 0.6) is 0 Å². The number of amides is 3. The highest BCUT2D eigenvalue weighted by molar-refractivity contribution is 5.93. The zero-order valence-corrected chi connectivity index (χ0v) is 22.7. The number of hydrogen-bond donors (Lipinski definition) is 5. The number of nitrogens with zero attached hydrogens (tertiary/aromatic N) is 1. The first-order chi connectivity index (χ1) is 18.0. The molecule has 2 aromatic rings. The fourth-order valence-corrected chi connectivity index (χ4v) is 3.70. The third-order valence-electron chi connectivity index (χ3n) is 6.05. The first kappa shape index (κ1) is 30.8. The molecule has 0 bridgehead atoms. The molecule has 1 heterocycles. The molecule has 0 aliphatic heterocycles. The standard InChI is InChI=1S/C27H39N5O6/c1-15(2)24(27(36)29-16(3)25(34)32-28)31-26(35)21(17(4)33)11-8-19-7-9-20-10-12-22(30-23(20)13-19)18(5)38-14-37-6/h7-13,15-18,21,24,33H,14,28H2,1-6H3,(H,29,36)(H,31,35)(H,32,34)/b11-8+/t16-,17-,18+,21+,24-/m0/s1. The maximum Gasteiger partial charge on any atom is 0.256 e. The van der Waals surface area contributed by atoms with Gasteiger partial charge in [0.15, 0.2) is 0 Å². The van der Waals surface area contributed by atoms with Gasteiger partial charge in [0.2, 0.25) is 11.8 Å². The molecule has 0 unspecified atom stereocenters. The SMILES string of the molecule is COCO[C@H](C)c1ccc2ccc(/C=C/[C@@H](C(=O)N[C@H](C(=O)N[C@@H](C)C(=O)NN)C(C)C)[C@H](C)O)cc2n1. The first-order valence-electron chi connectivity index (χ1n) is 12.5. The smallest absolute Gasteiger partial charge is 0.256 e. The predicted octanol–water partition coefficient (Wildman–Crippen LogP) is 1.56. The molecule has 5 atom stereocenters. The molecule has 0 spiro atoms. The molecular weight excluding hydrogens is 490 g/mol. The van der Waals surface area contributed by atoms with Gasteiger partial charge in [-0.15, -0.1) is 0 Å². The summed E-state index contributed by atoms with van der Waals surface area (Å²) in [6, 6.07) is 7.74. The van der Waals surface area contributed by atoms with Crippen LogP contribution in [0.3, 0.4) is 0 Å². The molecule has 208 valence electrons. The fourth-order valence-electron chi connectivity index (χ4n) is 3.70. The molecule has 3 amide bonds. The number of aromatic nitrogens is 1. The Kier molecular flexibility index (Phi) is 11.8. The van der Waals surface area contributed by atoms with Crippen LogP contribution in [0.15, 0.2) is 36.4 Å². The van der Waals surface area contributed by atoms with E-state index in [1.54, 1.807) is 33.1 Å². The molecule has 2 rings (SSSR count). The topological polar surface area (TPSA) is 165 Å². The van der Waals surface area contributed by atoms with Gasteiger partial charge >= 0.3 is 0 Å². The lowest BCUT2D eigenvalue weighted by Crippen LogP contribution is -2.56. The summed E-state index contributed by atoms with van der Waals surface area (Å²) in [4.78, 5) is 42.2. The Balaban J connectivity index is 2.20. The molecule has 38 heavy (non-hydrogen) atoms. The Morgan fingerprint density at radius 1 is 1.03 bits per heavy atom. The molecule has 0 saturated carbocycles. The Labute approximate surface area is 223 Å². The van der Waals surface area contributed by atoms with Crippen molar-refractivity contribution in [2.24, 2.45) is 17.7 Å². The number of aliphatic hydroxyl groups is 1. The van der Waals surface area contributed by atoms with Crippen LogP contribution in [0.1, 0.15) is 52.0 Å². The second kappa shape index (κ2) is 14.5. The second-order valence-electron chi connectivity index (χ2n) is 9.50. The lowest BCUT2D eigenvalue weighted by molar-refractivity contribution is -0.134. The van der Waals surface area contributed by atoms with Gasteiger partial charge in [-0.05, 0) is 44.4 Å². The third-order valence-corrected chi connectivity index (χ3v) is 6.05. The van der Waals surface area contributed by atoms with Crippen LogP contribution < -0.4 is 21.9 Å². The lowest BCUT2D eigenvalue weighted by Gasteiger charge is -2.26. The summed E-state index contributed by atoms with van der Waals surface area (Å²) < 4.78 is 10.5. The van der Waals surface area contributed by atoms with Crippen molar-refractivity contribution in [3.8, 4) is 0 Å². The number of nitrogens with one attached hydrogen (secondary N) is 3. The van der Waals surface area contributed by atoms with Gasteiger partial charge in [0, 0.05) is 12.5 Å². The number of rotatable bonds is 13. The normalized spacial score (nSPS) is 15.6. The van der Waals surface area contributed by atoms with Crippen molar-refractivity contribution in [2.75, 3.05) is 13.9 Å².